The van der Waals surface area contributed by atoms with E-state index in [1.54, 1.807) is 0 Å². The normalized spacial score (nSPS) is 8.92. The Bertz CT molecular complexity index is 221. The molecule has 1 nitrogen and oxygen atoms in total. The molecule has 1 aromatic rings. The molecule has 0 heterocycles. The van der Waals surface area contributed by atoms with Crippen LogP contribution in [0.15, 0.2) is 43.0 Å². The lowest BCUT2D eigenvalue weighted by atomic mass is 10.2. The Morgan fingerprint density at radius 2 is 1.92 bits per heavy atom. The van der Waals surface area contributed by atoms with E-state index in [1.165, 1.54) is 5.56 Å². The molecule has 1 rings (SSSR count). The van der Waals surface area contributed by atoms with Gasteiger partial charge in [0, 0.05) is 6.54 Å². The van der Waals surface area contributed by atoms with Crippen LogP contribution in [0, 0.1) is 0 Å². The number of hydrogen-bond donors (Lipinski definition) is 1. The van der Waals surface area contributed by atoms with Crippen molar-refractivity contribution in [3.8, 4) is 0 Å². The molecule has 0 radical (unpaired) electrons. The summed E-state index contributed by atoms with van der Waals surface area (Å²) in [5.41, 5.74) is 1.33. The van der Waals surface area contributed by atoms with Crippen molar-refractivity contribution in [2.45, 2.75) is 13.0 Å². The largest absolute Gasteiger partial charge is 0.312 e. The van der Waals surface area contributed by atoms with Crippen LogP contribution < -0.4 is 5.32 Å². The first kappa shape index (κ1) is 12.2. The van der Waals surface area contributed by atoms with Crippen LogP contribution in [0.4, 0.5) is 0 Å². The second-order valence-electron chi connectivity index (χ2n) is 2.74. The van der Waals surface area contributed by atoms with E-state index in [2.05, 4.69) is 36.2 Å². The van der Waals surface area contributed by atoms with Crippen LogP contribution in [0.25, 0.3) is 0 Å². The highest BCUT2D eigenvalue weighted by Gasteiger charge is 1.87. The lowest BCUT2D eigenvalue weighted by Crippen LogP contribution is -2.13. The van der Waals surface area contributed by atoms with Crippen molar-refractivity contribution in [1.29, 1.82) is 0 Å². The molecule has 13 heavy (non-hydrogen) atoms. The second kappa shape index (κ2) is 7.84. The van der Waals surface area contributed by atoms with Gasteiger partial charge in [-0.25, -0.2) is 0 Å². The summed E-state index contributed by atoms with van der Waals surface area (Å²) in [5, 5.41) is 3.33. The Balaban J connectivity index is 0.00000144. The molecule has 0 amide bonds. The first-order chi connectivity index (χ1) is 5.93. The van der Waals surface area contributed by atoms with Crippen molar-refractivity contribution in [2.75, 3.05) is 6.54 Å². The number of halogens is 1. The highest BCUT2D eigenvalue weighted by Crippen LogP contribution is 1.96. The minimum absolute atomic E-state index is 0. The van der Waals surface area contributed by atoms with Crippen molar-refractivity contribution in [3.05, 3.63) is 48.6 Å². The van der Waals surface area contributed by atoms with Gasteiger partial charge < -0.3 is 5.32 Å². The highest BCUT2D eigenvalue weighted by molar-refractivity contribution is 5.85. The summed E-state index contributed by atoms with van der Waals surface area (Å²) in [6.07, 6.45) is 2.96. The first-order valence-electron chi connectivity index (χ1n) is 4.29. The van der Waals surface area contributed by atoms with Gasteiger partial charge in [0.05, 0.1) is 0 Å². The summed E-state index contributed by atoms with van der Waals surface area (Å²) in [6, 6.07) is 10.4. The van der Waals surface area contributed by atoms with Crippen LogP contribution in [0.1, 0.15) is 12.0 Å². The Morgan fingerprint density at radius 1 is 1.23 bits per heavy atom. The molecule has 0 aliphatic carbocycles. The molecular formula is C11H16ClN. The molecule has 0 bridgehead atoms. The molecule has 0 unspecified atom stereocenters. The summed E-state index contributed by atoms with van der Waals surface area (Å²) >= 11 is 0. The predicted molar refractivity (Wildman–Crippen MR) is 60.2 cm³/mol. The number of rotatable bonds is 5. The van der Waals surface area contributed by atoms with Crippen molar-refractivity contribution in [2.24, 2.45) is 0 Å². The van der Waals surface area contributed by atoms with Crippen LogP contribution in [-0.2, 0) is 6.54 Å². The van der Waals surface area contributed by atoms with Gasteiger partial charge in [0.25, 0.3) is 0 Å². The number of nitrogens with one attached hydrogen (secondary N) is 1. The fourth-order valence-electron chi connectivity index (χ4n) is 1.03. The summed E-state index contributed by atoms with van der Waals surface area (Å²) in [5.74, 6) is 0. The second-order valence-corrected chi connectivity index (χ2v) is 2.74. The smallest absolute Gasteiger partial charge is 0.0205 e. The summed E-state index contributed by atoms with van der Waals surface area (Å²) in [4.78, 5) is 0. The van der Waals surface area contributed by atoms with Crippen molar-refractivity contribution < 1.29 is 0 Å². The summed E-state index contributed by atoms with van der Waals surface area (Å²) in [6.45, 7) is 5.63. The molecule has 0 spiro atoms. The molecule has 0 aliphatic rings. The maximum atomic E-state index is 3.67. The fourth-order valence-corrected chi connectivity index (χ4v) is 1.03. The first-order valence-corrected chi connectivity index (χ1v) is 4.29. The monoisotopic (exact) mass is 197 g/mol. The molecule has 0 fully saturated rings. The van der Waals surface area contributed by atoms with E-state index in [0.29, 0.717) is 0 Å². The topological polar surface area (TPSA) is 12.0 Å². The van der Waals surface area contributed by atoms with Gasteiger partial charge in [0.15, 0.2) is 0 Å². The molecular weight excluding hydrogens is 182 g/mol. The molecule has 72 valence electrons. The Kier molecular flexibility index (Phi) is 7.36. The zero-order chi connectivity index (χ0) is 8.65. The standard InChI is InChI=1S/C11H15N.ClH/c1-2-3-9-12-10-11-7-5-4-6-8-11;/h2,4-8,12H,1,3,9-10H2;1H. The average Bonchev–Trinajstić information content (AvgIpc) is 2.14. The van der Waals surface area contributed by atoms with Gasteiger partial charge in [0.1, 0.15) is 0 Å². The van der Waals surface area contributed by atoms with Crippen molar-refractivity contribution in [3.63, 3.8) is 0 Å². The fraction of sp³-hybridized carbons (Fsp3) is 0.273. The third kappa shape index (κ3) is 5.45. The van der Waals surface area contributed by atoms with Crippen LogP contribution in [-0.4, -0.2) is 6.54 Å². The SMILES string of the molecule is C=CCCNCc1ccccc1.Cl. The Hall–Kier alpha value is -0.790. The molecule has 1 aromatic carbocycles. The zero-order valence-electron chi connectivity index (χ0n) is 7.70. The van der Waals surface area contributed by atoms with Crippen molar-refractivity contribution in [1.82, 2.24) is 5.32 Å². The van der Waals surface area contributed by atoms with E-state index in [9.17, 15) is 0 Å². The van der Waals surface area contributed by atoms with E-state index in [1.807, 2.05) is 12.1 Å². The molecule has 0 saturated carbocycles. The molecule has 0 saturated heterocycles. The van der Waals surface area contributed by atoms with E-state index in [0.717, 1.165) is 19.5 Å². The molecule has 0 aromatic heterocycles. The van der Waals surface area contributed by atoms with Gasteiger partial charge in [-0.2, -0.15) is 0 Å². The minimum Gasteiger partial charge on any atom is -0.312 e. The number of hydrogen-bond acceptors (Lipinski definition) is 1. The molecule has 1 N–H and O–H groups in total. The summed E-state index contributed by atoms with van der Waals surface area (Å²) in [7, 11) is 0. The summed E-state index contributed by atoms with van der Waals surface area (Å²) < 4.78 is 0. The molecule has 0 aliphatic heterocycles. The zero-order valence-corrected chi connectivity index (χ0v) is 8.52. The molecule has 0 atom stereocenters. The van der Waals surface area contributed by atoms with E-state index >= 15 is 0 Å². The average molecular weight is 198 g/mol. The molecule has 2 heteroatoms. The maximum absolute atomic E-state index is 3.67. The van der Waals surface area contributed by atoms with Gasteiger partial charge in [-0.1, -0.05) is 36.4 Å². The lowest BCUT2D eigenvalue weighted by Gasteiger charge is -2.01. The van der Waals surface area contributed by atoms with E-state index in [4.69, 9.17) is 0 Å². The maximum Gasteiger partial charge on any atom is 0.0205 e. The Morgan fingerprint density at radius 3 is 2.54 bits per heavy atom. The van der Waals surface area contributed by atoms with E-state index in [-0.39, 0.29) is 12.4 Å². The highest BCUT2D eigenvalue weighted by atomic mass is 35.5. The van der Waals surface area contributed by atoms with Crippen LogP contribution in [0.3, 0.4) is 0 Å². The third-order valence-corrected chi connectivity index (χ3v) is 1.70. The van der Waals surface area contributed by atoms with E-state index < -0.39 is 0 Å². The van der Waals surface area contributed by atoms with Gasteiger partial charge >= 0.3 is 0 Å². The van der Waals surface area contributed by atoms with Crippen molar-refractivity contribution >= 4 is 12.4 Å². The van der Waals surface area contributed by atoms with Crippen LogP contribution in [0.5, 0.6) is 0 Å². The lowest BCUT2D eigenvalue weighted by molar-refractivity contribution is 0.696. The minimum atomic E-state index is 0. The van der Waals surface area contributed by atoms with Gasteiger partial charge in [-0.15, -0.1) is 19.0 Å². The quantitative estimate of drug-likeness (QED) is 0.566. The third-order valence-electron chi connectivity index (χ3n) is 1.70. The Labute approximate surface area is 86.3 Å². The van der Waals surface area contributed by atoms with Gasteiger partial charge in [0.2, 0.25) is 0 Å². The predicted octanol–water partition coefficient (Wildman–Crippen LogP) is 2.77. The van der Waals surface area contributed by atoms with Crippen LogP contribution in [0.2, 0.25) is 0 Å². The van der Waals surface area contributed by atoms with Gasteiger partial charge in [-0.3, -0.25) is 0 Å². The van der Waals surface area contributed by atoms with Crippen LogP contribution >= 0.6 is 12.4 Å². The number of benzene rings is 1. The van der Waals surface area contributed by atoms with Gasteiger partial charge in [-0.05, 0) is 18.5 Å².